The van der Waals surface area contributed by atoms with Gasteiger partial charge in [0.1, 0.15) is 0 Å². The molecule has 0 spiro atoms. The SMILES string of the molecule is COC(=O)C1(c2ccccc2)CCN([C@@H](C)c2nc(C)no2)CC1. The fourth-order valence-corrected chi connectivity index (χ4v) is 3.50. The van der Waals surface area contributed by atoms with Crippen molar-refractivity contribution in [3.05, 3.63) is 47.6 Å². The third-order valence-electron chi connectivity index (χ3n) is 5.00. The van der Waals surface area contributed by atoms with E-state index in [1.165, 1.54) is 7.11 Å². The van der Waals surface area contributed by atoms with Crippen LogP contribution in [0.2, 0.25) is 0 Å². The summed E-state index contributed by atoms with van der Waals surface area (Å²) in [5, 5.41) is 3.86. The molecule has 6 heteroatoms. The van der Waals surface area contributed by atoms with Crippen LogP contribution in [-0.4, -0.2) is 41.2 Å². The van der Waals surface area contributed by atoms with Crippen LogP contribution in [0.15, 0.2) is 34.9 Å². The van der Waals surface area contributed by atoms with Crippen LogP contribution in [0.4, 0.5) is 0 Å². The van der Waals surface area contributed by atoms with Crippen molar-refractivity contribution in [3.8, 4) is 0 Å². The maximum atomic E-state index is 12.6. The van der Waals surface area contributed by atoms with E-state index >= 15 is 0 Å². The Hall–Kier alpha value is -2.21. The molecule has 1 atom stereocenters. The number of methoxy groups -OCH3 is 1. The number of likely N-dealkylation sites (tertiary alicyclic amines) is 1. The Balaban J connectivity index is 1.79. The minimum Gasteiger partial charge on any atom is -0.468 e. The van der Waals surface area contributed by atoms with Gasteiger partial charge in [-0.15, -0.1) is 0 Å². The van der Waals surface area contributed by atoms with Gasteiger partial charge in [-0.3, -0.25) is 9.69 Å². The van der Waals surface area contributed by atoms with Crippen molar-refractivity contribution in [2.75, 3.05) is 20.2 Å². The zero-order valence-corrected chi connectivity index (χ0v) is 14.4. The number of rotatable bonds is 4. The average molecular weight is 329 g/mol. The van der Waals surface area contributed by atoms with E-state index in [0.717, 1.165) is 18.7 Å². The second kappa shape index (κ2) is 6.73. The van der Waals surface area contributed by atoms with Gasteiger partial charge in [0.2, 0.25) is 5.89 Å². The largest absolute Gasteiger partial charge is 0.468 e. The number of aryl methyl sites for hydroxylation is 1. The Labute approximate surface area is 141 Å². The number of carbonyl (C=O) groups is 1. The quantitative estimate of drug-likeness (QED) is 0.803. The summed E-state index contributed by atoms with van der Waals surface area (Å²) in [4.78, 5) is 19.2. The van der Waals surface area contributed by atoms with Crippen LogP contribution in [0.25, 0.3) is 0 Å². The van der Waals surface area contributed by atoms with Crippen molar-refractivity contribution in [2.45, 2.75) is 38.1 Å². The molecule has 1 aliphatic heterocycles. The summed E-state index contributed by atoms with van der Waals surface area (Å²) in [6, 6.07) is 9.96. The summed E-state index contributed by atoms with van der Waals surface area (Å²) in [6.45, 7) is 5.41. The molecule has 0 radical (unpaired) electrons. The number of hydrogen-bond donors (Lipinski definition) is 0. The lowest BCUT2D eigenvalue weighted by molar-refractivity contribution is -0.150. The molecule has 3 rings (SSSR count). The topological polar surface area (TPSA) is 68.5 Å². The molecule has 0 bridgehead atoms. The van der Waals surface area contributed by atoms with Crippen LogP contribution in [0.1, 0.15) is 43.1 Å². The molecule has 1 fully saturated rings. The minimum absolute atomic E-state index is 0.0395. The van der Waals surface area contributed by atoms with Gasteiger partial charge in [0.15, 0.2) is 5.82 Å². The van der Waals surface area contributed by atoms with E-state index in [1.54, 1.807) is 0 Å². The number of benzene rings is 1. The molecular weight excluding hydrogens is 306 g/mol. The van der Waals surface area contributed by atoms with Crippen LogP contribution in [-0.2, 0) is 14.9 Å². The monoisotopic (exact) mass is 329 g/mol. The van der Waals surface area contributed by atoms with Crippen molar-refractivity contribution >= 4 is 5.97 Å². The summed E-state index contributed by atoms with van der Waals surface area (Å²) in [5.74, 6) is 1.11. The predicted molar refractivity (Wildman–Crippen MR) is 88.4 cm³/mol. The first kappa shape index (κ1) is 16.6. The van der Waals surface area contributed by atoms with E-state index in [2.05, 4.69) is 22.0 Å². The number of piperidine rings is 1. The zero-order valence-electron chi connectivity index (χ0n) is 14.4. The fourth-order valence-electron chi connectivity index (χ4n) is 3.50. The lowest BCUT2D eigenvalue weighted by Crippen LogP contribution is -2.48. The number of hydrogen-bond acceptors (Lipinski definition) is 6. The molecule has 0 saturated carbocycles. The lowest BCUT2D eigenvalue weighted by Gasteiger charge is -2.41. The van der Waals surface area contributed by atoms with E-state index in [4.69, 9.17) is 9.26 Å². The van der Waals surface area contributed by atoms with E-state index in [1.807, 2.05) is 37.3 Å². The second-order valence-corrected chi connectivity index (χ2v) is 6.33. The Morgan fingerprint density at radius 1 is 1.29 bits per heavy atom. The Bertz CT molecular complexity index is 691. The van der Waals surface area contributed by atoms with E-state index in [9.17, 15) is 4.79 Å². The number of carbonyl (C=O) groups excluding carboxylic acids is 1. The second-order valence-electron chi connectivity index (χ2n) is 6.33. The van der Waals surface area contributed by atoms with Crippen molar-refractivity contribution < 1.29 is 14.1 Å². The Morgan fingerprint density at radius 3 is 2.50 bits per heavy atom. The Kier molecular flexibility index (Phi) is 4.66. The summed E-state index contributed by atoms with van der Waals surface area (Å²) < 4.78 is 10.4. The Morgan fingerprint density at radius 2 is 1.96 bits per heavy atom. The molecule has 0 amide bonds. The van der Waals surface area contributed by atoms with Crippen molar-refractivity contribution in [3.63, 3.8) is 0 Å². The zero-order chi connectivity index (χ0) is 17.2. The molecule has 0 aliphatic carbocycles. The first-order valence-corrected chi connectivity index (χ1v) is 8.25. The highest BCUT2D eigenvalue weighted by Crippen LogP contribution is 2.38. The van der Waals surface area contributed by atoms with Gasteiger partial charge in [-0.2, -0.15) is 4.98 Å². The minimum atomic E-state index is -0.572. The molecule has 1 aromatic carbocycles. The summed E-state index contributed by atoms with van der Waals surface area (Å²) in [5.41, 5.74) is 0.453. The highest BCUT2D eigenvalue weighted by molar-refractivity contribution is 5.83. The van der Waals surface area contributed by atoms with Gasteiger partial charge >= 0.3 is 5.97 Å². The summed E-state index contributed by atoms with van der Waals surface area (Å²) in [6.07, 6.45) is 1.42. The fraction of sp³-hybridized carbons (Fsp3) is 0.500. The van der Waals surface area contributed by atoms with Crippen LogP contribution in [0.5, 0.6) is 0 Å². The van der Waals surface area contributed by atoms with Crippen molar-refractivity contribution in [2.24, 2.45) is 0 Å². The molecule has 2 aromatic rings. The highest BCUT2D eigenvalue weighted by Gasteiger charge is 2.45. The summed E-state index contributed by atoms with van der Waals surface area (Å²) in [7, 11) is 1.46. The smallest absolute Gasteiger partial charge is 0.316 e. The van der Waals surface area contributed by atoms with Gasteiger partial charge in [0, 0.05) is 13.1 Å². The first-order valence-electron chi connectivity index (χ1n) is 8.25. The number of ether oxygens (including phenoxy) is 1. The van der Waals surface area contributed by atoms with E-state index in [-0.39, 0.29) is 12.0 Å². The van der Waals surface area contributed by atoms with Crippen LogP contribution in [0, 0.1) is 6.92 Å². The molecule has 24 heavy (non-hydrogen) atoms. The van der Waals surface area contributed by atoms with Gasteiger partial charge in [0.05, 0.1) is 18.6 Å². The predicted octanol–water partition coefficient (Wildman–Crippen LogP) is 2.65. The van der Waals surface area contributed by atoms with Gasteiger partial charge in [-0.25, -0.2) is 0 Å². The van der Waals surface area contributed by atoms with Crippen LogP contribution in [0.3, 0.4) is 0 Å². The third kappa shape index (κ3) is 2.94. The molecule has 6 nitrogen and oxygen atoms in total. The molecule has 1 aliphatic rings. The lowest BCUT2D eigenvalue weighted by atomic mass is 9.72. The van der Waals surface area contributed by atoms with E-state index < -0.39 is 5.41 Å². The molecule has 2 heterocycles. The van der Waals surface area contributed by atoms with Crippen molar-refractivity contribution in [1.82, 2.24) is 15.0 Å². The highest BCUT2D eigenvalue weighted by atomic mass is 16.5. The number of nitrogens with zero attached hydrogens (tertiary/aromatic N) is 3. The maximum Gasteiger partial charge on any atom is 0.316 e. The van der Waals surface area contributed by atoms with Gasteiger partial charge in [0.25, 0.3) is 0 Å². The molecule has 1 aromatic heterocycles. The van der Waals surface area contributed by atoms with Crippen molar-refractivity contribution in [1.29, 1.82) is 0 Å². The summed E-state index contributed by atoms with van der Waals surface area (Å²) >= 11 is 0. The number of esters is 1. The molecular formula is C18H23N3O3. The van der Waals surface area contributed by atoms with Gasteiger partial charge < -0.3 is 9.26 Å². The number of aromatic nitrogens is 2. The molecule has 0 unspecified atom stereocenters. The first-order chi connectivity index (χ1) is 11.6. The maximum absolute atomic E-state index is 12.6. The van der Waals surface area contributed by atoms with Crippen LogP contribution < -0.4 is 0 Å². The van der Waals surface area contributed by atoms with Gasteiger partial charge in [-0.05, 0) is 32.3 Å². The molecule has 1 saturated heterocycles. The molecule has 0 N–H and O–H groups in total. The standard InChI is InChI=1S/C18H23N3O3/c1-13(16-19-14(2)20-24-16)21-11-9-18(10-12-21,17(22)23-3)15-7-5-4-6-8-15/h4-8,13H,9-12H2,1-3H3/t13-/m0/s1. The normalized spacial score (nSPS) is 19.0. The third-order valence-corrected chi connectivity index (χ3v) is 5.00. The van der Waals surface area contributed by atoms with Crippen LogP contribution >= 0.6 is 0 Å². The van der Waals surface area contributed by atoms with E-state index in [0.29, 0.717) is 24.6 Å². The molecule has 128 valence electrons. The average Bonchev–Trinajstić information content (AvgIpc) is 3.07. The van der Waals surface area contributed by atoms with Gasteiger partial charge in [-0.1, -0.05) is 35.5 Å².